The molecule has 4 N–H and O–H groups in total. The number of fused-ring (bicyclic) bond motifs is 1. The van der Waals surface area contributed by atoms with E-state index < -0.39 is 0 Å². The lowest BCUT2D eigenvalue weighted by Crippen LogP contribution is -2.44. The number of aromatic nitrogens is 1. The number of hydrogen-bond donors (Lipinski definition) is 3. The van der Waals surface area contributed by atoms with Gasteiger partial charge in [0.05, 0.1) is 17.2 Å². The Labute approximate surface area is 123 Å². The van der Waals surface area contributed by atoms with E-state index >= 15 is 0 Å². The average Bonchev–Trinajstić information content (AvgIpc) is 2.48. The molecule has 0 amide bonds. The van der Waals surface area contributed by atoms with Crippen LogP contribution in [0.3, 0.4) is 0 Å². The van der Waals surface area contributed by atoms with Crippen LogP contribution in [-0.4, -0.2) is 35.1 Å². The second-order valence-corrected chi connectivity index (χ2v) is 5.75. The number of nitrogens with one attached hydrogen (secondary N) is 1. The summed E-state index contributed by atoms with van der Waals surface area (Å²) in [6.45, 7) is 3.42. The summed E-state index contributed by atoms with van der Waals surface area (Å²) in [7, 11) is 0. The molecule has 1 aliphatic heterocycles. The fourth-order valence-electron chi connectivity index (χ4n) is 2.79. The van der Waals surface area contributed by atoms with Gasteiger partial charge in [-0.2, -0.15) is 0 Å². The number of β-amino-alcohol motifs (C(OH)–C–C–N with tert-alkyl or cyclic N) is 1. The van der Waals surface area contributed by atoms with Crippen molar-refractivity contribution in [3.63, 3.8) is 0 Å². The standard InChI is InChI=1S/C16H20N4O/c1-10-6-7-20(9-14(10)21)16-12(15(17)18)8-11-4-2-3-5-13(11)19-16/h2-5,8,10,14,21H,6-7,9H2,1H3,(H3,17,18). The van der Waals surface area contributed by atoms with E-state index in [9.17, 15) is 5.11 Å². The van der Waals surface area contributed by atoms with Gasteiger partial charge in [-0.1, -0.05) is 25.1 Å². The predicted molar refractivity (Wildman–Crippen MR) is 84.8 cm³/mol. The number of para-hydroxylation sites is 1. The van der Waals surface area contributed by atoms with E-state index in [0.717, 1.165) is 23.9 Å². The molecule has 1 aliphatic rings. The fourth-order valence-corrected chi connectivity index (χ4v) is 2.79. The van der Waals surface area contributed by atoms with Crippen LogP contribution >= 0.6 is 0 Å². The Hall–Kier alpha value is -2.14. The van der Waals surface area contributed by atoms with Crippen molar-refractivity contribution in [1.82, 2.24) is 4.98 Å². The SMILES string of the molecule is CC1CCN(c2nc3ccccc3cc2C(=N)N)CC1O. The van der Waals surface area contributed by atoms with Gasteiger partial charge < -0.3 is 15.7 Å². The van der Waals surface area contributed by atoms with Crippen LogP contribution in [0.4, 0.5) is 5.82 Å². The van der Waals surface area contributed by atoms with Gasteiger partial charge in [-0.25, -0.2) is 4.98 Å². The normalized spacial score (nSPS) is 22.5. The van der Waals surface area contributed by atoms with Gasteiger partial charge in [0.15, 0.2) is 0 Å². The number of nitrogen functional groups attached to an aromatic ring is 1. The van der Waals surface area contributed by atoms with Crippen molar-refractivity contribution in [2.24, 2.45) is 11.7 Å². The van der Waals surface area contributed by atoms with Gasteiger partial charge in [0.1, 0.15) is 11.7 Å². The summed E-state index contributed by atoms with van der Waals surface area (Å²) in [5, 5.41) is 18.9. The van der Waals surface area contributed by atoms with E-state index in [1.165, 1.54) is 0 Å². The number of pyridine rings is 1. The molecule has 5 nitrogen and oxygen atoms in total. The first-order valence-corrected chi connectivity index (χ1v) is 7.23. The van der Waals surface area contributed by atoms with Crippen molar-refractivity contribution in [3.05, 3.63) is 35.9 Å². The number of piperidine rings is 1. The van der Waals surface area contributed by atoms with Crippen LogP contribution in [0.1, 0.15) is 18.9 Å². The minimum Gasteiger partial charge on any atom is -0.391 e. The molecule has 1 fully saturated rings. The smallest absolute Gasteiger partial charge is 0.140 e. The lowest BCUT2D eigenvalue weighted by Gasteiger charge is -2.36. The van der Waals surface area contributed by atoms with Gasteiger partial charge in [-0.3, -0.25) is 5.41 Å². The molecular weight excluding hydrogens is 264 g/mol. The van der Waals surface area contributed by atoms with Crippen LogP contribution in [0.2, 0.25) is 0 Å². The molecular formula is C16H20N4O. The Morgan fingerprint density at radius 3 is 2.90 bits per heavy atom. The molecule has 2 heterocycles. The van der Waals surface area contributed by atoms with E-state index in [0.29, 0.717) is 23.8 Å². The van der Waals surface area contributed by atoms with Crippen molar-refractivity contribution in [1.29, 1.82) is 5.41 Å². The molecule has 2 aromatic rings. The van der Waals surface area contributed by atoms with Crippen molar-refractivity contribution in [3.8, 4) is 0 Å². The first-order valence-electron chi connectivity index (χ1n) is 7.23. The van der Waals surface area contributed by atoms with Gasteiger partial charge in [-0.05, 0) is 24.5 Å². The summed E-state index contributed by atoms with van der Waals surface area (Å²) in [6, 6.07) is 9.71. The molecule has 5 heteroatoms. The topological polar surface area (TPSA) is 86.2 Å². The maximum absolute atomic E-state index is 10.1. The summed E-state index contributed by atoms with van der Waals surface area (Å²) in [5.41, 5.74) is 7.24. The summed E-state index contributed by atoms with van der Waals surface area (Å²) in [5.74, 6) is 1.01. The number of rotatable bonds is 2. The first kappa shape index (κ1) is 13.8. The number of aliphatic hydroxyl groups excluding tert-OH is 1. The highest BCUT2D eigenvalue weighted by Gasteiger charge is 2.27. The summed E-state index contributed by atoms with van der Waals surface area (Å²) in [6.07, 6.45) is 0.541. The second kappa shape index (κ2) is 5.33. The van der Waals surface area contributed by atoms with Gasteiger partial charge >= 0.3 is 0 Å². The summed E-state index contributed by atoms with van der Waals surface area (Å²) < 4.78 is 0. The molecule has 0 radical (unpaired) electrons. The largest absolute Gasteiger partial charge is 0.391 e. The van der Waals surface area contributed by atoms with E-state index in [1.54, 1.807) is 0 Å². The second-order valence-electron chi connectivity index (χ2n) is 5.75. The molecule has 2 unspecified atom stereocenters. The lowest BCUT2D eigenvalue weighted by molar-refractivity contribution is 0.102. The molecule has 0 bridgehead atoms. The minimum atomic E-state index is -0.369. The third kappa shape index (κ3) is 2.56. The molecule has 0 aliphatic carbocycles. The quantitative estimate of drug-likeness (QED) is 0.579. The van der Waals surface area contributed by atoms with E-state index in [2.05, 4.69) is 11.9 Å². The Bertz CT molecular complexity index is 685. The number of hydrogen-bond acceptors (Lipinski definition) is 4. The van der Waals surface area contributed by atoms with E-state index in [4.69, 9.17) is 11.1 Å². The number of amidine groups is 1. The zero-order valence-corrected chi connectivity index (χ0v) is 12.1. The van der Waals surface area contributed by atoms with Gasteiger partial charge in [0.2, 0.25) is 0 Å². The molecule has 1 saturated heterocycles. The third-order valence-electron chi connectivity index (χ3n) is 4.21. The number of aliphatic hydroxyl groups is 1. The average molecular weight is 284 g/mol. The van der Waals surface area contributed by atoms with Crippen molar-refractivity contribution >= 4 is 22.6 Å². The van der Waals surface area contributed by atoms with Crippen LogP contribution in [-0.2, 0) is 0 Å². The van der Waals surface area contributed by atoms with Crippen molar-refractivity contribution in [2.75, 3.05) is 18.0 Å². The maximum atomic E-state index is 10.1. The van der Waals surface area contributed by atoms with Gasteiger partial charge in [0, 0.05) is 18.5 Å². The minimum absolute atomic E-state index is 0.0105. The Kier molecular flexibility index (Phi) is 3.51. The number of anilines is 1. The zero-order valence-electron chi connectivity index (χ0n) is 12.1. The Morgan fingerprint density at radius 1 is 1.43 bits per heavy atom. The molecule has 0 saturated carbocycles. The highest BCUT2D eigenvalue weighted by Crippen LogP contribution is 2.27. The lowest BCUT2D eigenvalue weighted by atomic mass is 9.95. The number of benzene rings is 1. The Balaban J connectivity index is 2.07. The van der Waals surface area contributed by atoms with E-state index in [-0.39, 0.29) is 11.9 Å². The monoisotopic (exact) mass is 284 g/mol. The van der Waals surface area contributed by atoms with Crippen LogP contribution in [0, 0.1) is 11.3 Å². The summed E-state index contributed by atoms with van der Waals surface area (Å²) >= 11 is 0. The molecule has 21 heavy (non-hydrogen) atoms. The number of nitrogens with two attached hydrogens (primary N) is 1. The molecule has 1 aromatic heterocycles. The molecule has 0 spiro atoms. The van der Waals surface area contributed by atoms with Gasteiger partial charge in [0.25, 0.3) is 0 Å². The molecule has 110 valence electrons. The molecule has 3 rings (SSSR count). The molecule has 2 atom stereocenters. The highest BCUT2D eigenvalue weighted by atomic mass is 16.3. The highest BCUT2D eigenvalue weighted by molar-refractivity contribution is 6.03. The van der Waals surface area contributed by atoms with Gasteiger partial charge in [-0.15, -0.1) is 0 Å². The van der Waals surface area contributed by atoms with Crippen molar-refractivity contribution < 1.29 is 5.11 Å². The summed E-state index contributed by atoms with van der Waals surface area (Å²) in [4.78, 5) is 6.71. The van der Waals surface area contributed by atoms with Crippen molar-refractivity contribution in [2.45, 2.75) is 19.4 Å². The van der Waals surface area contributed by atoms with E-state index in [1.807, 2.05) is 35.2 Å². The fraction of sp³-hybridized carbons (Fsp3) is 0.375. The third-order valence-corrected chi connectivity index (χ3v) is 4.21. The number of nitrogens with zero attached hydrogens (tertiary/aromatic N) is 2. The predicted octanol–water partition coefficient (Wildman–Crippen LogP) is 1.73. The van der Waals surface area contributed by atoms with Crippen LogP contribution in [0.5, 0.6) is 0 Å². The Morgan fingerprint density at radius 2 is 2.19 bits per heavy atom. The van der Waals surface area contributed by atoms with Crippen LogP contribution in [0.25, 0.3) is 10.9 Å². The molecule has 1 aromatic carbocycles. The first-order chi connectivity index (χ1) is 10.1. The maximum Gasteiger partial charge on any atom is 0.140 e. The van der Waals surface area contributed by atoms with Crippen LogP contribution < -0.4 is 10.6 Å². The van der Waals surface area contributed by atoms with Crippen LogP contribution in [0.15, 0.2) is 30.3 Å². The zero-order chi connectivity index (χ0) is 15.0.